The number of ether oxygens (including phenoxy) is 1. The Morgan fingerprint density at radius 2 is 2.13 bits per heavy atom. The number of nitroso groups, excluding NO2 is 1. The van der Waals surface area contributed by atoms with Crippen LogP contribution in [0.4, 0.5) is 10.5 Å². The Labute approximate surface area is 132 Å². The van der Waals surface area contributed by atoms with Crippen LogP contribution < -0.4 is 10.1 Å². The van der Waals surface area contributed by atoms with Crippen LogP contribution in [0.3, 0.4) is 0 Å². The van der Waals surface area contributed by atoms with E-state index in [0.717, 1.165) is 0 Å². The van der Waals surface area contributed by atoms with Crippen molar-refractivity contribution in [2.45, 2.75) is 18.9 Å². The zero-order valence-electron chi connectivity index (χ0n) is 12.3. The van der Waals surface area contributed by atoms with Gasteiger partial charge < -0.3 is 15.0 Å². The molecular weight excluding hydrogens is 322 g/mol. The molecule has 2 heterocycles. The van der Waals surface area contributed by atoms with Gasteiger partial charge in [-0.05, 0) is 24.6 Å². The van der Waals surface area contributed by atoms with E-state index in [1.54, 1.807) is 31.2 Å². The SMILES string of the molecule is CC1(NC(=O)Oc2[nH]c3ccccc3c2N=O)CCS(=O)(=O)C1. The van der Waals surface area contributed by atoms with Crippen LogP contribution in [-0.4, -0.2) is 36.5 Å². The van der Waals surface area contributed by atoms with Gasteiger partial charge in [0.05, 0.1) is 22.6 Å². The molecule has 0 spiro atoms. The second-order valence-electron chi connectivity index (χ2n) is 5.86. The second kappa shape index (κ2) is 5.34. The number of fused-ring (bicyclic) bond motifs is 1. The highest BCUT2D eigenvalue weighted by atomic mass is 32.2. The van der Waals surface area contributed by atoms with Crippen LogP contribution in [0.5, 0.6) is 5.88 Å². The number of hydrogen-bond donors (Lipinski definition) is 2. The summed E-state index contributed by atoms with van der Waals surface area (Å²) < 4.78 is 28.2. The maximum atomic E-state index is 12.0. The van der Waals surface area contributed by atoms with Crippen LogP contribution in [0.2, 0.25) is 0 Å². The quantitative estimate of drug-likeness (QED) is 0.833. The van der Waals surface area contributed by atoms with Gasteiger partial charge in [0.2, 0.25) is 5.88 Å². The van der Waals surface area contributed by atoms with Crippen molar-refractivity contribution in [2.24, 2.45) is 5.18 Å². The normalized spacial score (nSPS) is 22.8. The average Bonchev–Trinajstić information content (AvgIpc) is 2.94. The summed E-state index contributed by atoms with van der Waals surface area (Å²) in [5.74, 6) is -0.180. The lowest BCUT2D eigenvalue weighted by Crippen LogP contribution is -2.48. The highest BCUT2D eigenvalue weighted by Gasteiger charge is 2.40. The van der Waals surface area contributed by atoms with Crippen LogP contribution >= 0.6 is 0 Å². The third kappa shape index (κ3) is 3.04. The van der Waals surface area contributed by atoms with Crippen molar-refractivity contribution >= 4 is 32.5 Å². The largest absolute Gasteiger partial charge is 0.414 e. The van der Waals surface area contributed by atoms with E-state index < -0.39 is 21.5 Å². The molecule has 0 saturated carbocycles. The van der Waals surface area contributed by atoms with Gasteiger partial charge in [0, 0.05) is 5.39 Å². The smallest absolute Gasteiger partial charge is 0.391 e. The van der Waals surface area contributed by atoms with Crippen LogP contribution in [0, 0.1) is 4.91 Å². The summed E-state index contributed by atoms with van der Waals surface area (Å²) in [7, 11) is -3.15. The molecular formula is C14H15N3O5S. The number of nitrogens with zero attached hydrogens (tertiary/aromatic N) is 1. The molecule has 1 unspecified atom stereocenters. The lowest BCUT2D eigenvalue weighted by atomic mass is 10.0. The van der Waals surface area contributed by atoms with Gasteiger partial charge in [-0.2, -0.15) is 0 Å². The van der Waals surface area contributed by atoms with Crippen molar-refractivity contribution < 1.29 is 17.9 Å². The van der Waals surface area contributed by atoms with Crippen molar-refractivity contribution in [1.82, 2.24) is 10.3 Å². The molecule has 122 valence electrons. The summed E-state index contributed by atoms with van der Waals surface area (Å²) in [5.41, 5.74) is -0.268. The minimum absolute atomic E-state index is 0.0000495. The zero-order chi connectivity index (χ0) is 16.7. The first-order chi connectivity index (χ1) is 10.8. The molecule has 23 heavy (non-hydrogen) atoms. The molecule has 1 atom stereocenters. The van der Waals surface area contributed by atoms with E-state index in [1.165, 1.54) is 0 Å². The Balaban J connectivity index is 1.80. The number of carbonyl (C=O) groups excluding carboxylic acids is 1. The van der Waals surface area contributed by atoms with Gasteiger partial charge in [0.15, 0.2) is 15.5 Å². The minimum Gasteiger partial charge on any atom is -0.391 e. The molecule has 0 radical (unpaired) electrons. The summed E-state index contributed by atoms with van der Waals surface area (Å²) in [6.07, 6.45) is -0.517. The molecule has 0 bridgehead atoms. The molecule has 1 aliphatic heterocycles. The fourth-order valence-corrected chi connectivity index (χ4v) is 4.83. The number of hydrogen-bond acceptors (Lipinski definition) is 6. The summed E-state index contributed by atoms with van der Waals surface area (Å²) in [4.78, 5) is 25.9. The predicted octanol–water partition coefficient (Wildman–Crippen LogP) is 2.23. The first-order valence-corrected chi connectivity index (χ1v) is 8.79. The lowest BCUT2D eigenvalue weighted by Gasteiger charge is -2.22. The number of rotatable bonds is 3. The molecule has 1 aromatic carbocycles. The van der Waals surface area contributed by atoms with Gasteiger partial charge in [-0.3, -0.25) is 0 Å². The van der Waals surface area contributed by atoms with Gasteiger partial charge in [-0.25, -0.2) is 13.2 Å². The number of para-hydroxylation sites is 1. The number of amides is 1. The van der Waals surface area contributed by atoms with E-state index in [-0.39, 0.29) is 23.1 Å². The number of nitrogens with one attached hydrogen (secondary N) is 2. The van der Waals surface area contributed by atoms with E-state index in [9.17, 15) is 18.1 Å². The van der Waals surface area contributed by atoms with Gasteiger partial charge in [-0.1, -0.05) is 18.2 Å². The average molecular weight is 337 g/mol. The zero-order valence-corrected chi connectivity index (χ0v) is 13.1. The first-order valence-electron chi connectivity index (χ1n) is 6.96. The second-order valence-corrected chi connectivity index (χ2v) is 8.04. The van der Waals surface area contributed by atoms with Crippen molar-refractivity contribution in [3.05, 3.63) is 29.2 Å². The third-order valence-electron chi connectivity index (χ3n) is 3.84. The summed E-state index contributed by atoms with van der Waals surface area (Å²) in [6, 6.07) is 6.90. The Kier molecular flexibility index (Phi) is 3.59. The molecule has 9 heteroatoms. The van der Waals surface area contributed by atoms with E-state index in [0.29, 0.717) is 17.3 Å². The van der Waals surface area contributed by atoms with E-state index >= 15 is 0 Å². The predicted molar refractivity (Wildman–Crippen MR) is 84.6 cm³/mol. The van der Waals surface area contributed by atoms with Gasteiger partial charge in [0.25, 0.3) is 0 Å². The molecule has 3 rings (SSSR count). The molecule has 1 fully saturated rings. The Hall–Kier alpha value is -2.42. The van der Waals surface area contributed by atoms with E-state index in [4.69, 9.17) is 4.74 Å². The highest BCUT2D eigenvalue weighted by molar-refractivity contribution is 7.91. The van der Waals surface area contributed by atoms with Gasteiger partial charge in [-0.15, -0.1) is 4.91 Å². The van der Waals surface area contributed by atoms with Crippen molar-refractivity contribution in [1.29, 1.82) is 0 Å². The number of aromatic amines is 1. The monoisotopic (exact) mass is 337 g/mol. The number of aromatic nitrogens is 1. The molecule has 1 aliphatic rings. The fourth-order valence-electron chi connectivity index (χ4n) is 2.74. The molecule has 2 aromatic rings. The van der Waals surface area contributed by atoms with Crippen LogP contribution in [0.15, 0.2) is 29.4 Å². The number of H-pyrrole nitrogens is 1. The topological polar surface area (TPSA) is 118 Å². The van der Waals surface area contributed by atoms with Crippen LogP contribution in [-0.2, 0) is 9.84 Å². The molecule has 1 aromatic heterocycles. The first kappa shape index (κ1) is 15.5. The van der Waals surface area contributed by atoms with Gasteiger partial charge >= 0.3 is 6.09 Å². The molecule has 1 saturated heterocycles. The third-order valence-corrected chi connectivity index (χ3v) is 5.74. The Bertz CT molecular complexity index is 889. The number of sulfone groups is 1. The van der Waals surface area contributed by atoms with E-state index in [2.05, 4.69) is 15.5 Å². The molecule has 8 nitrogen and oxygen atoms in total. The van der Waals surface area contributed by atoms with Crippen LogP contribution in [0.1, 0.15) is 13.3 Å². The van der Waals surface area contributed by atoms with Crippen LogP contribution in [0.25, 0.3) is 10.9 Å². The standard InChI is InChI=1S/C14H15N3O5S/c1-14(6-7-23(20,21)8-14)16-13(18)22-12-11(17-19)9-4-2-3-5-10(9)15-12/h2-5,15H,6-8H2,1H3,(H,16,18). The Morgan fingerprint density at radius 3 is 2.78 bits per heavy atom. The summed E-state index contributed by atoms with van der Waals surface area (Å²) >= 11 is 0. The number of carbonyl (C=O) groups is 1. The van der Waals surface area contributed by atoms with Crippen molar-refractivity contribution in [3.8, 4) is 5.88 Å². The maximum absolute atomic E-state index is 12.0. The lowest BCUT2D eigenvalue weighted by molar-refractivity contribution is 0.188. The molecule has 2 N–H and O–H groups in total. The number of benzene rings is 1. The summed E-state index contributed by atoms with van der Waals surface area (Å²) in [6.45, 7) is 1.64. The van der Waals surface area contributed by atoms with Crippen molar-refractivity contribution in [3.63, 3.8) is 0 Å². The molecule has 1 amide bonds. The Morgan fingerprint density at radius 1 is 1.39 bits per heavy atom. The fraction of sp³-hybridized carbons (Fsp3) is 0.357. The minimum atomic E-state index is -3.15. The highest BCUT2D eigenvalue weighted by Crippen LogP contribution is 2.36. The summed E-state index contributed by atoms with van der Waals surface area (Å²) in [5, 5.41) is 5.99. The maximum Gasteiger partial charge on any atom is 0.414 e. The van der Waals surface area contributed by atoms with Gasteiger partial charge in [0.1, 0.15) is 0 Å². The van der Waals surface area contributed by atoms with Crippen molar-refractivity contribution in [2.75, 3.05) is 11.5 Å². The molecule has 0 aliphatic carbocycles. The van der Waals surface area contributed by atoms with E-state index in [1.807, 2.05) is 0 Å².